The Kier molecular flexibility index (Phi) is 0.710. The van der Waals surface area contributed by atoms with E-state index in [-0.39, 0.29) is 17.6 Å². The maximum atomic E-state index is 9.64. The van der Waals surface area contributed by atoms with E-state index in [0.29, 0.717) is 11.8 Å². The molecule has 0 amide bonds. The third kappa shape index (κ3) is 0.397. The molecule has 0 bridgehead atoms. The molecule has 2 heteroatoms. The molecule has 3 fully saturated rings. The van der Waals surface area contributed by atoms with Crippen LogP contribution in [0.25, 0.3) is 0 Å². The summed E-state index contributed by atoms with van der Waals surface area (Å²) in [6, 6.07) is 0. The van der Waals surface area contributed by atoms with Crippen molar-refractivity contribution in [2.24, 2.45) is 17.3 Å². The molecule has 3 aliphatic carbocycles. The lowest BCUT2D eigenvalue weighted by Gasteiger charge is -2.19. The number of hydrogen-bond donors (Lipinski definition) is 2. The Balaban J connectivity index is 1.98. The topological polar surface area (TPSA) is 40.5 Å². The predicted molar refractivity (Wildman–Crippen MR) is 35.3 cm³/mol. The van der Waals surface area contributed by atoms with Gasteiger partial charge in [0.05, 0.1) is 12.2 Å². The van der Waals surface area contributed by atoms with Crippen molar-refractivity contribution in [1.82, 2.24) is 0 Å². The van der Waals surface area contributed by atoms with E-state index in [4.69, 9.17) is 0 Å². The molecular weight excluding hydrogens is 128 g/mol. The number of rotatable bonds is 0. The van der Waals surface area contributed by atoms with Gasteiger partial charge < -0.3 is 10.2 Å². The van der Waals surface area contributed by atoms with Gasteiger partial charge in [-0.2, -0.15) is 0 Å². The lowest BCUT2D eigenvalue weighted by Crippen LogP contribution is -2.28. The molecule has 0 aromatic rings. The van der Waals surface area contributed by atoms with Crippen LogP contribution in [0.4, 0.5) is 0 Å². The van der Waals surface area contributed by atoms with Gasteiger partial charge in [0, 0.05) is 5.41 Å². The smallest absolute Gasteiger partial charge is 0.0653 e. The average Bonchev–Trinajstić information content (AvgIpc) is 2.82. The Morgan fingerprint density at radius 1 is 1.00 bits per heavy atom. The summed E-state index contributed by atoms with van der Waals surface area (Å²) in [6.07, 6.45) is 2.87. The van der Waals surface area contributed by atoms with Crippen molar-refractivity contribution in [3.05, 3.63) is 0 Å². The van der Waals surface area contributed by atoms with E-state index >= 15 is 0 Å². The minimum Gasteiger partial charge on any atom is -0.392 e. The van der Waals surface area contributed by atoms with Crippen LogP contribution in [0.2, 0.25) is 0 Å². The largest absolute Gasteiger partial charge is 0.392 e. The van der Waals surface area contributed by atoms with Crippen LogP contribution in [-0.4, -0.2) is 22.4 Å². The van der Waals surface area contributed by atoms with Crippen LogP contribution < -0.4 is 0 Å². The van der Waals surface area contributed by atoms with Gasteiger partial charge in [-0.25, -0.2) is 0 Å². The zero-order valence-electron chi connectivity index (χ0n) is 5.83. The van der Waals surface area contributed by atoms with Crippen LogP contribution >= 0.6 is 0 Å². The second kappa shape index (κ2) is 1.28. The summed E-state index contributed by atoms with van der Waals surface area (Å²) in [7, 11) is 0. The van der Waals surface area contributed by atoms with Crippen LogP contribution in [0.5, 0.6) is 0 Å². The Labute approximate surface area is 59.9 Å². The fraction of sp³-hybridized carbons (Fsp3) is 1.00. The fourth-order valence-corrected chi connectivity index (χ4v) is 2.73. The monoisotopic (exact) mass is 140 g/mol. The van der Waals surface area contributed by atoms with Crippen molar-refractivity contribution in [3.63, 3.8) is 0 Å². The minimum atomic E-state index is -0.160. The van der Waals surface area contributed by atoms with E-state index in [1.165, 1.54) is 0 Å². The quantitative estimate of drug-likeness (QED) is 0.502. The SMILES string of the molecule is O[C@@H]1C2CC2[C@H](O)C12CC2. The van der Waals surface area contributed by atoms with Crippen molar-refractivity contribution in [1.29, 1.82) is 0 Å². The fourth-order valence-electron chi connectivity index (χ4n) is 2.73. The molecule has 3 aliphatic rings. The van der Waals surface area contributed by atoms with Crippen LogP contribution in [0.15, 0.2) is 0 Å². The lowest BCUT2D eigenvalue weighted by atomic mass is 9.95. The highest BCUT2D eigenvalue weighted by molar-refractivity contribution is 5.20. The first kappa shape index (κ1) is 5.56. The Morgan fingerprint density at radius 2 is 1.50 bits per heavy atom. The normalized spacial score (nSPS) is 60.6. The third-order valence-corrected chi connectivity index (χ3v) is 3.71. The Hall–Kier alpha value is -0.0800. The minimum absolute atomic E-state index is 0.00637. The van der Waals surface area contributed by atoms with Crippen molar-refractivity contribution >= 4 is 0 Å². The molecule has 10 heavy (non-hydrogen) atoms. The maximum Gasteiger partial charge on any atom is 0.0653 e. The van der Waals surface area contributed by atoms with E-state index < -0.39 is 0 Å². The van der Waals surface area contributed by atoms with Crippen molar-refractivity contribution < 1.29 is 10.2 Å². The summed E-state index contributed by atoms with van der Waals surface area (Å²) in [5.41, 5.74) is -0.00637. The van der Waals surface area contributed by atoms with E-state index in [1.807, 2.05) is 0 Å². The number of aliphatic hydroxyl groups excluding tert-OH is 2. The van der Waals surface area contributed by atoms with Crippen molar-refractivity contribution in [2.75, 3.05) is 0 Å². The molecule has 0 aliphatic heterocycles. The molecule has 2 N–H and O–H groups in total. The van der Waals surface area contributed by atoms with Gasteiger partial charge in [0.2, 0.25) is 0 Å². The highest BCUT2D eigenvalue weighted by Crippen LogP contribution is 2.69. The second-order valence-corrected chi connectivity index (χ2v) is 4.19. The first-order chi connectivity index (χ1) is 4.76. The van der Waals surface area contributed by atoms with Gasteiger partial charge >= 0.3 is 0 Å². The molecule has 3 rings (SSSR count). The summed E-state index contributed by atoms with van der Waals surface area (Å²) in [5.74, 6) is 0.940. The first-order valence-electron chi connectivity index (χ1n) is 4.12. The molecule has 0 saturated heterocycles. The Morgan fingerprint density at radius 3 is 1.80 bits per heavy atom. The summed E-state index contributed by atoms with van der Waals surface area (Å²) >= 11 is 0. The number of hydrogen-bond acceptors (Lipinski definition) is 2. The van der Waals surface area contributed by atoms with Gasteiger partial charge in [0.1, 0.15) is 0 Å². The molecule has 4 atom stereocenters. The maximum absolute atomic E-state index is 9.64. The molecule has 0 aromatic carbocycles. The highest BCUT2D eigenvalue weighted by Gasteiger charge is 2.71. The van der Waals surface area contributed by atoms with Gasteiger partial charge in [-0.3, -0.25) is 0 Å². The molecule has 2 unspecified atom stereocenters. The molecule has 1 spiro atoms. The lowest BCUT2D eigenvalue weighted by molar-refractivity contribution is 0.0198. The average molecular weight is 140 g/mol. The third-order valence-electron chi connectivity index (χ3n) is 3.71. The summed E-state index contributed by atoms with van der Waals surface area (Å²) < 4.78 is 0. The zero-order chi connectivity index (χ0) is 6.93. The number of fused-ring (bicyclic) bond motifs is 1. The van der Waals surface area contributed by atoms with Crippen LogP contribution in [0.3, 0.4) is 0 Å². The molecule has 2 nitrogen and oxygen atoms in total. The summed E-state index contributed by atoms with van der Waals surface area (Å²) in [4.78, 5) is 0. The highest BCUT2D eigenvalue weighted by atomic mass is 16.3. The van der Waals surface area contributed by atoms with Crippen LogP contribution in [-0.2, 0) is 0 Å². The van der Waals surface area contributed by atoms with E-state index in [9.17, 15) is 10.2 Å². The summed E-state index contributed by atoms with van der Waals surface area (Å²) in [6.45, 7) is 0. The zero-order valence-corrected chi connectivity index (χ0v) is 5.83. The number of aliphatic hydroxyl groups is 2. The molecule has 0 radical (unpaired) electrons. The standard InChI is InChI=1S/C8H12O2/c9-6-4-3-5(4)7(10)8(6)1-2-8/h4-7,9-10H,1-3H2/t4?,5?,6-,7+. The van der Waals surface area contributed by atoms with Crippen LogP contribution in [0, 0.1) is 17.3 Å². The van der Waals surface area contributed by atoms with Gasteiger partial charge in [-0.05, 0) is 31.1 Å². The van der Waals surface area contributed by atoms with Gasteiger partial charge in [-0.15, -0.1) is 0 Å². The van der Waals surface area contributed by atoms with Gasteiger partial charge in [0.25, 0.3) is 0 Å². The second-order valence-electron chi connectivity index (χ2n) is 4.19. The predicted octanol–water partition coefficient (Wildman–Crippen LogP) is 0.138. The molecule has 56 valence electrons. The molecule has 0 heterocycles. The van der Waals surface area contributed by atoms with E-state index in [2.05, 4.69) is 0 Å². The van der Waals surface area contributed by atoms with Crippen molar-refractivity contribution in [3.8, 4) is 0 Å². The summed E-state index contributed by atoms with van der Waals surface area (Å²) in [5, 5.41) is 19.3. The molecular formula is C8H12O2. The van der Waals surface area contributed by atoms with E-state index in [0.717, 1.165) is 19.3 Å². The molecule has 0 aromatic heterocycles. The molecule has 3 saturated carbocycles. The van der Waals surface area contributed by atoms with Gasteiger partial charge in [-0.1, -0.05) is 0 Å². The Bertz CT molecular complexity index is 170. The van der Waals surface area contributed by atoms with Gasteiger partial charge in [0.15, 0.2) is 0 Å². The van der Waals surface area contributed by atoms with Crippen molar-refractivity contribution in [2.45, 2.75) is 31.5 Å². The first-order valence-corrected chi connectivity index (χ1v) is 4.12. The van der Waals surface area contributed by atoms with E-state index in [1.54, 1.807) is 0 Å². The van der Waals surface area contributed by atoms with Crippen LogP contribution in [0.1, 0.15) is 19.3 Å².